The minimum Gasteiger partial charge on any atom is -0.457 e. The number of piperidine rings is 1. The molecule has 4 rings (SSSR count). The van der Waals surface area contributed by atoms with Crippen LogP contribution in [0.4, 0.5) is 4.39 Å². The number of imidazole rings is 1. The van der Waals surface area contributed by atoms with Crippen LogP contribution in [-0.2, 0) is 11.3 Å². The van der Waals surface area contributed by atoms with E-state index >= 15 is 0 Å². The van der Waals surface area contributed by atoms with Gasteiger partial charge in [-0.3, -0.25) is 10.1 Å². The van der Waals surface area contributed by atoms with Crippen molar-refractivity contribution in [3.8, 4) is 11.5 Å². The Labute approximate surface area is 174 Å². The van der Waals surface area contributed by atoms with Crippen molar-refractivity contribution in [1.29, 1.82) is 0 Å². The van der Waals surface area contributed by atoms with Crippen LogP contribution >= 0.6 is 0 Å². The molecule has 1 atom stereocenters. The Morgan fingerprint density at radius 3 is 2.67 bits per heavy atom. The molecule has 3 aromatic rings. The quantitative estimate of drug-likeness (QED) is 0.556. The van der Waals surface area contributed by atoms with Gasteiger partial charge in [0.05, 0.1) is 23.6 Å². The summed E-state index contributed by atoms with van der Waals surface area (Å²) < 4.78 is 21.3. The molecule has 1 aliphatic heterocycles. The normalized spacial score (nSPS) is 15.9. The molecule has 30 heavy (non-hydrogen) atoms. The first kappa shape index (κ1) is 20.3. The molecule has 0 bridgehead atoms. The number of halogens is 1. The van der Waals surface area contributed by atoms with E-state index in [1.54, 1.807) is 19.1 Å². The number of benzene rings is 2. The third kappa shape index (κ3) is 4.44. The van der Waals surface area contributed by atoms with Crippen molar-refractivity contribution in [2.45, 2.75) is 38.4 Å². The van der Waals surface area contributed by atoms with Crippen LogP contribution < -0.4 is 21.1 Å². The van der Waals surface area contributed by atoms with Gasteiger partial charge in [-0.25, -0.2) is 9.37 Å². The maximum Gasteiger partial charge on any atom is 0.234 e. The average Bonchev–Trinajstić information content (AvgIpc) is 3.11. The van der Waals surface area contributed by atoms with Gasteiger partial charge in [0, 0.05) is 12.1 Å². The Balaban J connectivity index is 1.67. The largest absolute Gasteiger partial charge is 0.457 e. The summed E-state index contributed by atoms with van der Waals surface area (Å²) in [5.41, 5.74) is 7.22. The zero-order valence-electron chi connectivity index (χ0n) is 16.9. The molecule has 2 aromatic carbocycles. The molecule has 0 spiro atoms. The lowest BCUT2D eigenvalue weighted by Gasteiger charge is -2.26. The second kappa shape index (κ2) is 8.81. The molecule has 4 N–H and O–H groups in total. The van der Waals surface area contributed by atoms with Crippen molar-refractivity contribution in [2.75, 3.05) is 13.1 Å². The van der Waals surface area contributed by atoms with Crippen molar-refractivity contribution < 1.29 is 13.9 Å². The second-order valence-corrected chi connectivity index (χ2v) is 7.59. The Hall–Kier alpha value is -2.97. The lowest BCUT2D eigenvalue weighted by Crippen LogP contribution is -2.39. The lowest BCUT2D eigenvalue weighted by molar-refractivity contribution is -0.119. The van der Waals surface area contributed by atoms with E-state index in [2.05, 4.69) is 15.2 Å². The predicted molar refractivity (Wildman–Crippen MR) is 113 cm³/mol. The van der Waals surface area contributed by atoms with Crippen molar-refractivity contribution in [1.82, 2.24) is 20.2 Å². The zero-order chi connectivity index (χ0) is 21.1. The average molecular weight is 411 g/mol. The van der Waals surface area contributed by atoms with E-state index in [1.807, 2.05) is 18.2 Å². The highest BCUT2D eigenvalue weighted by Crippen LogP contribution is 2.31. The summed E-state index contributed by atoms with van der Waals surface area (Å²) in [6.07, 6.45) is 1.99. The molecule has 1 unspecified atom stereocenters. The van der Waals surface area contributed by atoms with Gasteiger partial charge in [0.15, 0.2) is 0 Å². The highest BCUT2D eigenvalue weighted by molar-refractivity contribution is 5.79. The molecule has 1 aliphatic rings. The number of nitrogens with two attached hydrogens (primary N) is 1. The van der Waals surface area contributed by atoms with E-state index < -0.39 is 11.9 Å². The van der Waals surface area contributed by atoms with Crippen LogP contribution in [0.2, 0.25) is 0 Å². The Bertz CT molecular complexity index is 1030. The van der Waals surface area contributed by atoms with Crippen LogP contribution in [0.15, 0.2) is 42.5 Å². The number of carbonyl (C=O) groups is 1. The number of nitrogens with one attached hydrogen (secondary N) is 2. The Morgan fingerprint density at radius 2 is 1.97 bits per heavy atom. The lowest BCUT2D eigenvalue weighted by atomic mass is 10.1. The highest BCUT2D eigenvalue weighted by atomic mass is 19.1. The highest BCUT2D eigenvalue weighted by Gasteiger charge is 2.22. The zero-order valence-corrected chi connectivity index (χ0v) is 16.9. The molecule has 2 heterocycles. The number of rotatable bonds is 7. The molecule has 7 nitrogen and oxygen atoms in total. The van der Waals surface area contributed by atoms with Crippen molar-refractivity contribution in [3.05, 3.63) is 54.1 Å². The van der Waals surface area contributed by atoms with Gasteiger partial charge in [0.25, 0.3) is 0 Å². The van der Waals surface area contributed by atoms with E-state index in [0.717, 1.165) is 42.8 Å². The molecule has 0 radical (unpaired) electrons. The number of carbonyl (C=O) groups excluding carboxylic acids is 1. The Morgan fingerprint density at radius 1 is 1.27 bits per heavy atom. The van der Waals surface area contributed by atoms with Crippen LogP contribution in [0.1, 0.15) is 31.6 Å². The third-order valence-electron chi connectivity index (χ3n) is 5.45. The Kier molecular flexibility index (Phi) is 5.96. The van der Waals surface area contributed by atoms with Crippen molar-refractivity contribution >= 4 is 16.9 Å². The molecular formula is C22H26FN5O2. The van der Waals surface area contributed by atoms with Gasteiger partial charge in [-0.2, -0.15) is 0 Å². The van der Waals surface area contributed by atoms with E-state index in [-0.39, 0.29) is 5.82 Å². The number of primary amides is 1. The number of nitrogens with zero attached hydrogens (tertiary/aromatic N) is 2. The van der Waals surface area contributed by atoms with Crippen LogP contribution in [-0.4, -0.2) is 34.6 Å². The first-order chi connectivity index (χ1) is 14.5. The summed E-state index contributed by atoms with van der Waals surface area (Å²) in [6.45, 7) is 4.08. The van der Waals surface area contributed by atoms with E-state index in [9.17, 15) is 9.18 Å². The van der Waals surface area contributed by atoms with Gasteiger partial charge >= 0.3 is 0 Å². The summed E-state index contributed by atoms with van der Waals surface area (Å²) in [5.74, 6) is 1.40. The maximum atomic E-state index is 13.2. The van der Waals surface area contributed by atoms with Crippen LogP contribution in [0.3, 0.4) is 0 Å². The number of fused-ring (bicyclic) bond motifs is 1. The fraction of sp³-hybridized carbons (Fsp3) is 0.364. The van der Waals surface area contributed by atoms with E-state index in [1.165, 1.54) is 12.1 Å². The van der Waals surface area contributed by atoms with Gasteiger partial charge in [-0.1, -0.05) is 0 Å². The minimum absolute atomic E-state index is 0.302. The molecule has 0 saturated carbocycles. The van der Waals surface area contributed by atoms with Crippen LogP contribution in [0, 0.1) is 5.82 Å². The van der Waals surface area contributed by atoms with Gasteiger partial charge in [0.2, 0.25) is 5.91 Å². The number of ether oxygens (including phenoxy) is 1. The summed E-state index contributed by atoms with van der Waals surface area (Å²) in [4.78, 5) is 16.2. The van der Waals surface area contributed by atoms with Gasteiger partial charge in [-0.05, 0) is 69.3 Å². The molecule has 158 valence electrons. The minimum atomic E-state index is -0.441. The van der Waals surface area contributed by atoms with E-state index in [4.69, 9.17) is 15.5 Å². The number of hydrogen-bond donors (Lipinski definition) is 3. The topological polar surface area (TPSA) is 94.2 Å². The number of amides is 1. The predicted octanol–water partition coefficient (Wildman–Crippen LogP) is 2.86. The summed E-state index contributed by atoms with van der Waals surface area (Å²) >= 11 is 0. The summed E-state index contributed by atoms with van der Waals surface area (Å²) in [6, 6.07) is 11.6. The monoisotopic (exact) mass is 411 g/mol. The molecule has 1 aromatic heterocycles. The van der Waals surface area contributed by atoms with Gasteiger partial charge in [-0.15, -0.1) is 0 Å². The van der Waals surface area contributed by atoms with Crippen molar-refractivity contribution in [2.24, 2.45) is 5.73 Å². The SMILES string of the molecule is CC(NCc1nc2ccc(Oc3ccc(F)cc3)cc2n1C1CCNCC1)C(N)=O. The molecule has 1 saturated heterocycles. The maximum absolute atomic E-state index is 13.2. The number of hydrogen-bond acceptors (Lipinski definition) is 5. The fourth-order valence-electron chi connectivity index (χ4n) is 3.77. The number of aromatic nitrogens is 2. The smallest absolute Gasteiger partial charge is 0.234 e. The molecule has 1 amide bonds. The first-order valence-corrected chi connectivity index (χ1v) is 10.2. The summed E-state index contributed by atoms with van der Waals surface area (Å²) in [5, 5.41) is 6.55. The first-order valence-electron chi connectivity index (χ1n) is 10.2. The fourth-order valence-corrected chi connectivity index (χ4v) is 3.77. The third-order valence-corrected chi connectivity index (χ3v) is 5.45. The molecule has 1 fully saturated rings. The van der Waals surface area contributed by atoms with Crippen LogP contribution in [0.5, 0.6) is 11.5 Å². The van der Waals surface area contributed by atoms with E-state index in [0.29, 0.717) is 24.1 Å². The second-order valence-electron chi connectivity index (χ2n) is 7.59. The standard InChI is InChI=1S/C22H26FN5O2/c1-14(22(24)29)26-13-21-27-19-7-6-18(30-17-4-2-15(23)3-5-17)12-20(19)28(21)16-8-10-25-11-9-16/h2-7,12,14,16,25-26H,8-11,13H2,1H3,(H2,24,29). The summed E-state index contributed by atoms with van der Waals surface area (Å²) in [7, 11) is 0. The van der Waals surface area contributed by atoms with Crippen molar-refractivity contribution in [3.63, 3.8) is 0 Å². The van der Waals surface area contributed by atoms with Crippen LogP contribution in [0.25, 0.3) is 11.0 Å². The molecular weight excluding hydrogens is 385 g/mol. The van der Waals surface area contributed by atoms with Gasteiger partial charge in [0.1, 0.15) is 23.1 Å². The molecule has 0 aliphatic carbocycles. The van der Waals surface area contributed by atoms with Gasteiger partial charge < -0.3 is 20.4 Å². The molecule has 8 heteroatoms.